The molecule has 6 nitrogen and oxygen atoms in total. The van der Waals surface area contributed by atoms with Crippen molar-refractivity contribution in [2.75, 3.05) is 0 Å². The zero-order valence-corrected chi connectivity index (χ0v) is 14.8. The molecule has 1 aromatic carbocycles. The van der Waals surface area contributed by atoms with Crippen LogP contribution in [0.1, 0.15) is 43.4 Å². The lowest BCUT2D eigenvalue weighted by Gasteiger charge is -2.20. The van der Waals surface area contributed by atoms with Crippen molar-refractivity contribution in [3.8, 4) is 0 Å². The van der Waals surface area contributed by atoms with Crippen LogP contribution in [0.2, 0.25) is 0 Å². The van der Waals surface area contributed by atoms with E-state index in [4.69, 9.17) is 0 Å². The second-order valence-electron chi connectivity index (χ2n) is 6.63. The van der Waals surface area contributed by atoms with Crippen LogP contribution in [0.3, 0.4) is 0 Å². The summed E-state index contributed by atoms with van der Waals surface area (Å²) in [5.74, 6) is 1.01. The second kappa shape index (κ2) is 7.42. The first-order chi connectivity index (χ1) is 12.0. The van der Waals surface area contributed by atoms with Gasteiger partial charge in [-0.2, -0.15) is 0 Å². The van der Waals surface area contributed by atoms with Crippen LogP contribution < -0.4 is 5.32 Å². The molecule has 2 aromatic heterocycles. The molecule has 3 rings (SSSR count). The molecule has 2 heterocycles. The highest BCUT2D eigenvalue weighted by Gasteiger charge is 2.21. The molecule has 0 aliphatic rings. The molecule has 2 N–H and O–H groups in total. The van der Waals surface area contributed by atoms with E-state index in [1.165, 1.54) is 5.56 Å². The summed E-state index contributed by atoms with van der Waals surface area (Å²) in [7, 11) is 0. The highest BCUT2D eigenvalue weighted by Crippen LogP contribution is 2.23. The Balaban J connectivity index is 1.70. The number of hydrogen-bond donors (Lipinski definition) is 2. The van der Waals surface area contributed by atoms with Crippen LogP contribution in [0.4, 0.5) is 0 Å². The highest BCUT2D eigenvalue weighted by molar-refractivity contribution is 5.78. The third-order valence-corrected chi connectivity index (χ3v) is 4.16. The van der Waals surface area contributed by atoms with Gasteiger partial charge >= 0.3 is 0 Å². The Kier molecular flexibility index (Phi) is 5.07. The predicted octanol–water partition coefficient (Wildman–Crippen LogP) is 3.11. The van der Waals surface area contributed by atoms with Crippen molar-refractivity contribution in [2.24, 2.45) is 5.92 Å². The van der Waals surface area contributed by atoms with Gasteiger partial charge in [-0.25, -0.2) is 4.98 Å². The van der Waals surface area contributed by atoms with Gasteiger partial charge in [0.15, 0.2) is 0 Å². The van der Waals surface area contributed by atoms with Crippen LogP contribution in [-0.2, 0) is 11.2 Å². The van der Waals surface area contributed by atoms with E-state index in [0.29, 0.717) is 12.8 Å². The zero-order valence-electron chi connectivity index (χ0n) is 14.8. The Hall–Kier alpha value is -2.76. The molecule has 130 valence electrons. The van der Waals surface area contributed by atoms with Gasteiger partial charge in [-0.3, -0.25) is 14.8 Å². The van der Waals surface area contributed by atoms with Crippen molar-refractivity contribution in [2.45, 2.75) is 39.7 Å². The molecule has 6 heteroatoms. The van der Waals surface area contributed by atoms with Crippen molar-refractivity contribution in [3.63, 3.8) is 0 Å². The number of fused-ring (bicyclic) bond motifs is 1. The van der Waals surface area contributed by atoms with Crippen LogP contribution >= 0.6 is 0 Å². The molecule has 3 aromatic rings. The second-order valence-corrected chi connectivity index (χ2v) is 6.63. The fraction of sp³-hybridized carbons (Fsp3) is 0.368. The number of aryl methyl sites for hydroxylation is 2. The number of nitrogens with zero attached hydrogens (tertiary/aromatic N) is 3. The van der Waals surface area contributed by atoms with Crippen molar-refractivity contribution >= 4 is 16.9 Å². The van der Waals surface area contributed by atoms with E-state index in [0.717, 1.165) is 22.6 Å². The molecule has 0 fully saturated rings. The fourth-order valence-corrected chi connectivity index (χ4v) is 2.79. The van der Waals surface area contributed by atoms with E-state index in [-0.39, 0.29) is 17.9 Å². The lowest BCUT2D eigenvalue weighted by Crippen LogP contribution is -2.32. The molecule has 1 atom stereocenters. The SMILES string of the molecule is Cc1ccc2nc([C@@H](NC(=O)CCc3cnccn3)C(C)C)[nH]c2c1. The van der Waals surface area contributed by atoms with Crippen molar-refractivity contribution < 1.29 is 4.79 Å². The summed E-state index contributed by atoms with van der Waals surface area (Å²) < 4.78 is 0. The third-order valence-electron chi connectivity index (χ3n) is 4.16. The Labute approximate surface area is 147 Å². The van der Waals surface area contributed by atoms with E-state index >= 15 is 0 Å². The first-order valence-electron chi connectivity index (χ1n) is 8.53. The minimum Gasteiger partial charge on any atom is -0.346 e. The maximum atomic E-state index is 12.4. The van der Waals surface area contributed by atoms with E-state index in [1.54, 1.807) is 18.6 Å². The largest absolute Gasteiger partial charge is 0.346 e. The smallest absolute Gasteiger partial charge is 0.220 e. The van der Waals surface area contributed by atoms with Gasteiger partial charge in [0.05, 0.1) is 22.8 Å². The summed E-state index contributed by atoms with van der Waals surface area (Å²) >= 11 is 0. The predicted molar refractivity (Wildman–Crippen MR) is 96.9 cm³/mol. The number of imidazole rings is 1. The molecule has 0 saturated heterocycles. The van der Waals surface area contributed by atoms with Crippen molar-refractivity contribution in [1.29, 1.82) is 0 Å². The number of aromatic nitrogens is 4. The summed E-state index contributed by atoms with van der Waals surface area (Å²) in [5.41, 5.74) is 3.91. The van der Waals surface area contributed by atoms with Crippen molar-refractivity contribution in [1.82, 2.24) is 25.3 Å². The summed E-state index contributed by atoms with van der Waals surface area (Å²) in [6.45, 7) is 6.20. The van der Waals surface area contributed by atoms with Crippen LogP contribution in [0, 0.1) is 12.8 Å². The molecule has 0 saturated carbocycles. The van der Waals surface area contributed by atoms with Crippen LogP contribution in [0.25, 0.3) is 11.0 Å². The normalized spacial score (nSPS) is 12.5. The van der Waals surface area contributed by atoms with E-state index in [1.807, 2.05) is 19.1 Å². The molecule has 0 aliphatic heterocycles. The molecule has 0 aliphatic carbocycles. The summed E-state index contributed by atoms with van der Waals surface area (Å²) in [4.78, 5) is 28.6. The van der Waals surface area contributed by atoms with Gasteiger partial charge in [0, 0.05) is 25.0 Å². The average molecular weight is 337 g/mol. The Morgan fingerprint density at radius 3 is 2.84 bits per heavy atom. The summed E-state index contributed by atoms with van der Waals surface area (Å²) in [6, 6.07) is 5.95. The Bertz CT molecular complexity index is 857. The summed E-state index contributed by atoms with van der Waals surface area (Å²) in [5, 5.41) is 3.10. The number of aromatic amines is 1. The molecule has 0 radical (unpaired) electrons. The molecule has 25 heavy (non-hydrogen) atoms. The number of nitrogens with one attached hydrogen (secondary N) is 2. The lowest BCUT2D eigenvalue weighted by atomic mass is 10.0. The maximum absolute atomic E-state index is 12.4. The van der Waals surface area contributed by atoms with E-state index in [2.05, 4.69) is 45.2 Å². The van der Waals surface area contributed by atoms with Gasteiger partial charge in [-0.15, -0.1) is 0 Å². The zero-order chi connectivity index (χ0) is 17.8. The van der Waals surface area contributed by atoms with Gasteiger partial charge in [0.2, 0.25) is 5.91 Å². The van der Waals surface area contributed by atoms with Gasteiger partial charge in [0.1, 0.15) is 5.82 Å². The van der Waals surface area contributed by atoms with Crippen LogP contribution in [0.5, 0.6) is 0 Å². The average Bonchev–Trinajstić information content (AvgIpc) is 3.01. The van der Waals surface area contributed by atoms with Gasteiger partial charge in [-0.1, -0.05) is 19.9 Å². The molecular formula is C19H23N5O. The molecule has 0 spiro atoms. The first kappa shape index (κ1) is 17.1. The number of carbonyl (C=O) groups is 1. The molecule has 0 bridgehead atoms. The van der Waals surface area contributed by atoms with E-state index in [9.17, 15) is 4.79 Å². The number of hydrogen-bond acceptors (Lipinski definition) is 4. The third kappa shape index (κ3) is 4.21. The number of benzene rings is 1. The van der Waals surface area contributed by atoms with Gasteiger partial charge in [0.25, 0.3) is 0 Å². The topological polar surface area (TPSA) is 83.6 Å². The highest BCUT2D eigenvalue weighted by atomic mass is 16.1. The minimum atomic E-state index is -0.151. The minimum absolute atomic E-state index is 0.0130. The number of H-pyrrole nitrogens is 1. The van der Waals surface area contributed by atoms with Gasteiger partial charge < -0.3 is 10.3 Å². The quantitative estimate of drug-likeness (QED) is 0.724. The number of carbonyl (C=O) groups excluding carboxylic acids is 1. The van der Waals surface area contributed by atoms with Gasteiger partial charge in [-0.05, 0) is 37.0 Å². The standard InChI is InChI=1S/C19H23N5O/c1-12(2)18(19-22-15-6-4-13(3)10-16(15)23-19)24-17(25)7-5-14-11-20-8-9-21-14/h4,6,8-12,18H,5,7H2,1-3H3,(H,22,23)(H,24,25)/t18-/m0/s1. The van der Waals surface area contributed by atoms with Crippen molar-refractivity contribution in [3.05, 3.63) is 53.9 Å². The summed E-state index contributed by atoms with van der Waals surface area (Å²) in [6.07, 6.45) is 5.90. The molecule has 1 amide bonds. The monoisotopic (exact) mass is 337 g/mol. The fourth-order valence-electron chi connectivity index (χ4n) is 2.79. The Morgan fingerprint density at radius 2 is 2.12 bits per heavy atom. The van der Waals surface area contributed by atoms with Crippen LogP contribution in [-0.4, -0.2) is 25.8 Å². The molecular weight excluding hydrogens is 314 g/mol. The Morgan fingerprint density at radius 1 is 1.28 bits per heavy atom. The maximum Gasteiger partial charge on any atom is 0.220 e. The van der Waals surface area contributed by atoms with E-state index < -0.39 is 0 Å². The number of rotatable bonds is 6. The number of amides is 1. The lowest BCUT2D eigenvalue weighted by molar-refractivity contribution is -0.122. The molecule has 0 unspecified atom stereocenters. The van der Waals surface area contributed by atoms with Crippen LogP contribution in [0.15, 0.2) is 36.8 Å². The first-order valence-corrected chi connectivity index (χ1v) is 8.53.